The van der Waals surface area contributed by atoms with Crippen LogP contribution in [0.4, 0.5) is 5.82 Å². The van der Waals surface area contributed by atoms with Crippen molar-refractivity contribution in [3.63, 3.8) is 0 Å². The van der Waals surface area contributed by atoms with E-state index in [0.29, 0.717) is 10.7 Å². The lowest BCUT2D eigenvalue weighted by molar-refractivity contribution is -0.116. The number of halogens is 3. The first-order valence-electron chi connectivity index (χ1n) is 7.56. The Bertz CT molecular complexity index is 1210. The second kappa shape index (κ2) is 7.10. The monoisotopic (exact) mass is 474 g/mol. The summed E-state index contributed by atoms with van der Waals surface area (Å²) in [5.41, 5.74) is -0.281. The molecular weight excluding hydrogens is 463 g/mol. The zero-order valence-corrected chi connectivity index (χ0v) is 17.5. The Morgan fingerprint density at radius 3 is 2.52 bits per heavy atom. The van der Waals surface area contributed by atoms with Gasteiger partial charge in [0.15, 0.2) is 21.7 Å². The number of amides is 1. The number of pyridine rings is 1. The number of aromatic nitrogens is 5. The molecule has 0 atom stereocenters. The molecule has 0 aliphatic heterocycles. The molecule has 3 aromatic rings. The Kier molecular flexibility index (Phi) is 5.15. The fraction of sp³-hybridized carbons (Fsp3) is 0.267. The molecule has 0 aromatic carbocycles. The van der Waals surface area contributed by atoms with Gasteiger partial charge in [0.2, 0.25) is 5.91 Å². The summed E-state index contributed by atoms with van der Waals surface area (Å²) in [5, 5.41) is 3.16. The van der Waals surface area contributed by atoms with Gasteiger partial charge < -0.3 is 5.32 Å². The summed E-state index contributed by atoms with van der Waals surface area (Å²) in [4.78, 5) is 45.2. The Hall–Kier alpha value is -2.17. The minimum absolute atomic E-state index is 0.0674. The van der Waals surface area contributed by atoms with E-state index >= 15 is 0 Å². The van der Waals surface area contributed by atoms with Crippen molar-refractivity contribution in [2.24, 2.45) is 14.1 Å². The van der Waals surface area contributed by atoms with Crippen molar-refractivity contribution in [2.45, 2.75) is 13.5 Å². The lowest BCUT2D eigenvalue weighted by Crippen LogP contribution is -2.37. The standard InChI is InChI=1S/C15H13BrCl2N6O3/c1-6-7(17)4-8(18)11(19-6)20-9(25)5-24-12-10(21-14(24)16)13(26)23(3)15(27)22(12)2/h4H,5H2,1-3H3,(H,19,20,25). The van der Waals surface area contributed by atoms with E-state index in [1.807, 2.05) is 0 Å². The van der Waals surface area contributed by atoms with Crippen molar-refractivity contribution in [2.75, 3.05) is 5.32 Å². The van der Waals surface area contributed by atoms with E-state index in [1.165, 1.54) is 29.3 Å². The van der Waals surface area contributed by atoms with Crippen LogP contribution in [0.15, 0.2) is 20.4 Å². The molecule has 1 amide bonds. The third kappa shape index (κ3) is 3.40. The van der Waals surface area contributed by atoms with Crippen molar-refractivity contribution < 1.29 is 4.79 Å². The molecule has 12 heteroatoms. The number of fused-ring (bicyclic) bond motifs is 1. The molecular formula is C15H13BrCl2N6O3. The van der Waals surface area contributed by atoms with Gasteiger partial charge in [0.25, 0.3) is 5.56 Å². The van der Waals surface area contributed by atoms with Gasteiger partial charge in [-0.25, -0.2) is 14.8 Å². The van der Waals surface area contributed by atoms with Crippen molar-refractivity contribution in [3.8, 4) is 0 Å². The van der Waals surface area contributed by atoms with Crippen LogP contribution in [0.1, 0.15) is 5.69 Å². The first kappa shape index (κ1) is 19.6. The molecule has 0 bridgehead atoms. The third-order valence-corrected chi connectivity index (χ3v) is 5.23. The Morgan fingerprint density at radius 1 is 1.19 bits per heavy atom. The highest BCUT2D eigenvalue weighted by Crippen LogP contribution is 2.25. The number of carbonyl (C=O) groups excluding carboxylic acids is 1. The highest BCUT2D eigenvalue weighted by atomic mass is 79.9. The molecule has 9 nitrogen and oxygen atoms in total. The van der Waals surface area contributed by atoms with E-state index in [0.717, 1.165) is 4.57 Å². The summed E-state index contributed by atoms with van der Waals surface area (Å²) in [5.74, 6) is -0.312. The number of imidazole rings is 1. The van der Waals surface area contributed by atoms with Crippen LogP contribution in [0.5, 0.6) is 0 Å². The molecule has 3 rings (SSSR count). The largest absolute Gasteiger partial charge is 0.332 e. The molecule has 0 radical (unpaired) electrons. The summed E-state index contributed by atoms with van der Waals surface area (Å²) in [7, 11) is 2.86. The molecule has 0 saturated heterocycles. The fourth-order valence-corrected chi connectivity index (χ4v) is 3.44. The summed E-state index contributed by atoms with van der Waals surface area (Å²) in [6, 6.07) is 1.48. The maximum atomic E-state index is 12.5. The second-order valence-electron chi connectivity index (χ2n) is 5.78. The van der Waals surface area contributed by atoms with Crippen LogP contribution < -0.4 is 16.6 Å². The summed E-state index contributed by atoms with van der Waals surface area (Å²) in [6.07, 6.45) is 0. The van der Waals surface area contributed by atoms with E-state index in [1.54, 1.807) is 6.92 Å². The smallest absolute Gasteiger partial charge is 0.308 e. The average molecular weight is 476 g/mol. The number of anilines is 1. The molecule has 0 fully saturated rings. The molecule has 142 valence electrons. The molecule has 3 aromatic heterocycles. The summed E-state index contributed by atoms with van der Waals surface area (Å²) in [6.45, 7) is 1.46. The molecule has 0 saturated carbocycles. The number of aryl methyl sites for hydroxylation is 2. The van der Waals surface area contributed by atoms with Crippen LogP contribution in [0.25, 0.3) is 11.2 Å². The first-order valence-corrected chi connectivity index (χ1v) is 9.11. The summed E-state index contributed by atoms with van der Waals surface area (Å²) >= 11 is 15.2. The predicted molar refractivity (Wildman–Crippen MR) is 106 cm³/mol. The number of nitrogens with zero attached hydrogens (tertiary/aromatic N) is 5. The number of nitrogens with one attached hydrogen (secondary N) is 1. The van der Waals surface area contributed by atoms with Gasteiger partial charge in [-0.2, -0.15) is 0 Å². The summed E-state index contributed by atoms with van der Waals surface area (Å²) < 4.78 is 3.84. The van der Waals surface area contributed by atoms with Gasteiger partial charge in [-0.3, -0.25) is 23.3 Å². The zero-order valence-electron chi connectivity index (χ0n) is 14.4. The maximum absolute atomic E-state index is 12.5. The molecule has 27 heavy (non-hydrogen) atoms. The van der Waals surface area contributed by atoms with Crippen LogP contribution in [0.3, 0.4) is 0 Å². The van der Waals surface area contributed by atoms with Crippen LogP contribution in [0.2, 0.25) is 10.0 Å². The second-order valence-corrected chi connectivity index (χ2v) is 7.30. The van der Waals surface area contributed by atoms with E-state index in [2.05, 4.69) is 31.2 Å². The molecule has 3 heterocycles. The first-order chi connectivity index (χ1) is 12.6. The third-order valence-electron chi connectivity index (χ3n) is 3.96. The molecule has 0 unspecified atom stereocenters. The van der Waals surface area contributed by atoms with Gasteiger partial charge >= 0.3 is 5.69 Å². The van der Waals surface area contributed by atoms with Gasteiger partial charge in [0, 0.05) is 14.1 Å². The van der Waals surface area contributed by atoms with Crippen molar-refractivity contribution >= 4 is 62.0 Å². The van der Waals surface area contributed by atoms with Gasteiger partial charge in [0.1, 0.15) is 6.54 Å². The van der Waals surface area contributed by atoms with Crippen LogP contribution in [-0.2, 0) is 25.4 Å². The van der Waals surface area contributed by atoms with Crippen molar-refractivity contribution in [1.29, 1.82) is 0 Å². The highest BCUT2D eigenvalue weighted by Gasteiger charge is 2.20. The molecule has 0 aliphatic carbocycles. The van der Waals surface area contributed by atoms with Crippen LogP contribution in [-0.4, -0.2) is 29.6 Å². The van der Waals surface area contributed by atoms with Crippen LogP contribution in [0, 0.1) is 6.92 Å². The normalized spacial score (nSPS) is 11.2. The van der Waals surface area contributed by atoms with Gasteiger partial charge in [0.05, 0.1) is 15.7 Å². The van der Waals surface area contributed by atoms with Crippen LogP contribution >= 0.6 is 39.1 Å². The van der Waals surface area contributed by atoms with Gasteiger partial charge in [-0.05, 0) is 28.9 Å². The topological polar surface area (TPSA) is 104 Å². The minimum Gasteiger partial charge on any atom is -0.308 e. The lowest BCUT2D eigenvalue weighted by Gasteiger charge is -2.11. The number of rotatable bonds is 3. The van der Waals surface area contributed by atoms with E-state index in [9.17, 15) is 14.4 Å². The number of hydrogen-bond acceptors (Lipinski definition) is 5. The van der Waals surface area contributed by atoms with E-state index in [-0.39, 0.29) is 33.3 Å². The van der Waals surface area contributed by atoms with Gasteiger partial charge in [-0.15, -0.1) is 0 Å². The minimum atomic E-state index is -0.550. The van der Waals surface area contributed by atoms with Gasteiger partial charge in [-0.1, -0.05) is 23.2 Å². The highest BCUT2D eigenvalue weighted by molar-refractivity contribution is 9.10. The van der Waals surface area contributed by atoms with E-state index in [4.69, 9.17) is 23.2 Å². The van der Waals surface area contributed by atoms with Crippen molar-refractivity contribution in [3.05, 3.63) is 47.4 Å². The predicted octanol–water partition coefficient (Wildman–Crippen LogP) is 1.85. The Balaban J connectivity index is 2.01. The lowest BCUT2D eigenvalue weighted by atomic mass is 10.3. The maximum Gasteiger partial charge on any atom is 0.332 e. The zero-order chi connectivity index (χ0) is 20.0. The molecule has 0 aliphatic rings. The van der Waals surface area contributed by atoms with E-state index < -0.39 is 17.2 Å². The van der Waals surface area contributed by atoms with Crippen molar-refractivity contribution in [1.82, 2.24) is 23.7 Å². The SMILES string of the molecule is Cc1nc(NC(=O)Cn2c(Br)nc3c(=O)n(C)c(=O)n(C)c32)c(Cl)cc1Cl. The fourth-order valence-electron chi connectivity index (χ4n) is 2.56. The molecule has 1 N–H and O–H groups in total. The average Bonchev–Trinajstić information content (AvgIpc) is 2.92. The molecule has 0 spiro atoms. The Labute approximate surface area is 170 Å². The Morgan fingerprint density at radius 2 is 1.85 bits per heavy atom. The number of hydrogen-bond donors (Lipinski definition) is 1. The quantitative estimate of drug-likeness (QED) is 0.582. The number of carbonyl (C=O) groups is 1.